The van der Waals surface area contributed by atoms with Crippen LogP contribution >= 0.6 is 0 Å². The molecule has 1 fully saturated rings. The lowest BCUT2D eigenvalue weighted by Crippen LogP contribution is -2.31. The van der Waals surface area contributed by atoms with E-state index in [0.717, 1.165) is 0 Å². The first kappa shape index (κ1) is 24.6. The number of nitrogens with zero attached hydrogens (tertiary/aromatic N) is 4. The largest absolute Gasteiger partial charge is 0.507 e. The number of amides is 1. The lowest BCUT2D eigenvalue weighted by atomic mass is 9.95. The van der Waals surface area contributed by atoms with Gasteiger partial charge in [-0.2, -0.15) is 0 Å². The third kappa shape index (κ3) is 5.12. The van der Waals surface area contributed by atoms with Gasteiger partial charge in [-0.15, -0.1) is 0 Å². The lowest BCUT2D eigenvalue weighted by molar-refractivity contribution is -0.384. The van der Waals surface area contributed by atoms with Gasteiger partial charge in [-0.1, -0.05) is 12.1 Å². The molecule has 1 aliphatic heterocycles. The number of Topliss-reactive ketones (excluding diaryl/α,β-unsaturated/α-hetero) is 1. The van der Waals surface area contributed by atoms with Crippen molar-refractivity contribution in [1.82, 2.24) is 14.5 Å². The van der Waals surface area contributed by atoms with Crippen LogP contribution in [-0.4, -0.2) is 48.8 Å². The Bertz CT molecular complexity index is 1300. The van der Waals surface area contributed by atoms with Crippen molar-refractivity contribution in [3.8, 4) is 5.75 Å². The minimum Gasteiger partial charge on any atom is -0.507 e. The predicted molar refractivity (Wildman–Crippen MR) is 131 cm³/mol. The number of non-ortho nitro benzene ring substituents is 1. The Kier molecular flexibility index (Phi) is 7.14. The predicted octanol–water partition coefficient (Wildman–Crippen LogP) is 4.09. The van der Waals surface area contributed by atoms with Crippen molar-refractivity contribution >= 4 is 23.1 Å². The van der Waals surface area contributed by atoms with E-state index in [1.54, 1.807) is 49.1 Å². The van der Waals surface area contributed by atoms with Crippen molar-refractivity contribution in [2.24, 2.45) is 0 Å². The zero-order chi connectivity index (χ0) is 25.8. The van der Waals surface area contributed by atoms with Crippen molar-refractivity contribution in [3.05, 3.63) is 94.1 Å². The number of ether oxygens (including phenoxy) is 1. The number of carbonyl (C=O) groups is 2. The summed E-state index contributed by atoms with van der Waals surface area (Å²) >= 11 is 0. The number of aliphatic hydroxyl groups excluding tert-OH is 1. The van der Waals surface area contributed by atoms with E-state index in [4.69, 9.17) is 4.74 Å². The molecule has 1 aromatic heterocycles. The third-order valence-corrected chi connectivity index (χ3v) is 5.81. The molecule has 0 spiro atoms. The number of aliphatic hydroxyl groups is 1. The Morgan fingerprint density at radius 2 is 1.92 bits per heavy atom. The van der Waals surface area contributed by atoms with Crippen LogP contribution < -0.4 is 4.74 Å². The van der Waals surface area contributed by atoms with Crippen LogP contribution in [0, 0.1) is 10.1 Å². The lowest BCUT2D eigenvalue weighted by Gasteiger charge is -2.25. The molecule has 0 aliphatic carbocycles. The normalized spacial score (nSPS) is 17.1. The van der Waals surface area contributed by atoms with E-state index in [2.05, 4.69) is 4.98 Å². The van der Waals surface area contributed by atoms with Gasteiger partial charge in [-0.25, -0.2) is 4.98 Å². The fourth-order valence-electron chi connectivity index (χ4n) is 4.23. The van der Waals surface area contributed by atoms with Crippen LogP contribution in [0.4, 0.5) is 5.69 Å². The quantitative estimate of drug-likeness (QED) is 0.157. The first-order valence-corrected chi connectivity index (χ1v) is 11.5. The molecule has 0 bridgehead atoms. The molecule has 3 aromatic rings. The van der Waals surface area contributed by atoms with Gasteiger partial charge in [-0.05, 0) is 50.1 Å². The zero-order valence-corrected chi connectivity index (χ0v) is 19.9. The molecule has 10 nitrogen and oxygen atoms in total. The molecule has 1 unspecified atom stereocenters. The molecule has 2 aromatic carbocycles. The van der Waals surface area contributed by atoms with Crippen LogP contribution in [-0.2, 0) is 16.1 Å². The highest BCUT2D eigenvalue weighted by molar-refractivity contribution is 6.46. The molecule has 1 N–H and O–H groups in total. The van der Waals surface area contributed by atoms with Crippen molar-refractivity contribution in [1.29, 1.82) is 0 Å². The van der Waals surface area contributed by atoms with E-state index in [-0.39, 0.29) is 29.7 Å². The maximum atomic E-state index is 13.2. The summed E-state index contributed by atoms with van der Waals surface area (Å²) in [6.07, 6.45) is 5.56. The third-order valence-electron chi connectivity index (χ3n) is 5.81. The minimum absolute atomic E-state index is 0.0361. The van der Waals surface area contributed by atoms with Gasteiger partial charge in [-0.3, -0.25) is 19.7 Å². The van der Waals surface area contributed by atoms with Crippen LogP contribution in [0.5, 0.6) is 5.75 Å². The summed E-state index contributed by atoms with van der Waals surface area (Å²) in [5, 5.41) is 22.6. The Morgan fingerprint density at radius 1 is 1.17 bits per heavy atom. The Hall–Kier alpha value is -4.47. The van der Waals surface area contributed by atoms with E-state index < -0.39 is 22.7 Å². The molecule has 1 saturated heterocycles. The number of hydrogen-bond donors (Lipinski definition) is 1. The number of benzene rings is 2. The van der Waals surface area contributed by atoms with Gasteiger partial charge < -0.3 is 19.3 Å². The fraction of sp³-hybridized carbons (Fsp3) is 0.269. The van der Waals surface area contributed by atoms with Crippen molar-refractivity contribution in [2.45, 2.75) is 39.0 Å². The molecule has 4 rings (SSSR count). The summed E-state index contributed by atoms with van der Waals surface area (Å²) in [4.78, 5) is 42.5. The highest BCUT2D eigenvalue weighted by atomic mass is 16.6. The van der Waals surface area contributed by atoms with Gasteiger partial charge >= 0.3 is 0 Å². The zero-order valence-electron chi connectivity index (χ0n) is 19.9. The van der Waals surface area contributed by atoms with Crippen molar-refractivity contribution in [2.75, 3.05) is 6.54 Å². The van der Waals surface area contributed by atoms with E-state index in [9.17, 15) is 24.8 Å². The number of nitro groups is 1. The highest BCUT2D eigenvalue weighted by Crippen LogP contribution is 2.40. The molecule has 1 aliphatic rings. The second-order valence-corrected chi connectivity index (χ2v) is 8.69. The fourth-order valence-corrected chi connectivity index (χ4v) is 4.23. The number of likely N-dealkylation sites (tertiary alicyclic amines) is 1. The second-order valence-electron chi connectivity index (χ2n) is 8.69. The number of aryl methyl sites for hydroxylation is 1. The van der Waals surface area contributed by atoms with Crippen LogP contribution in [0.15, 0.2) is 72.8 Å². The number of carbonyl (C=O) groups excluding carboxylic acids is 2. The van der Waals surface area contributed by atoms with Crippen LogP contribution in [0.1, 0.15) is 37.4 Å². The molecule has 186 valence electrons. The van der Waals surface area contributed by atoms with E-state index >= 15 is 0 Å². The number of nitro benzene ring substituents is 1. The van der Waals surface area contributed by atoms with E-state index in [0.29, 0.717) is 29.8 Å². The monoisotopic (exact) mass is 490 g/mol. The summed E-state index contributed by atoms with van der Waals surface area (Å²) in [6.45, 7) is 4.54. The topological polar surface area (TPSA) is 128 Å². The second kappa shape index (κ2) is 10.4. The molecular weight excluding hydrogens is 464 g/mol. The molecule has 1 amide bonds. The van der Waals surface area contributed by atoms with Gasteiger partial charge in [0.2, 0.25) is 0 Å². The SMILES string of the molecule is CC(C)Oc1ccc(/C(O)=C2/C(=O)C(=O)N(CCCn3ccnc3)C2c2cccc([N+](=O)[O-])c2)cc1. The molecule has 36 heavy (non-hydrogen) atoms. The number of aromatic nitrogens is 2. The van der Waals surface area contributed by atoms with Gasteiger partial charge in [0.1, 0.15) is 11.5 Å². The Labute approximate surface area is 207 Å². The summed E-state index contributed by atoms with van der Waals surface area (Å²) in [6, 6.07) is 11.3. The maximum absolute atomic E-state index is 13.2. The summed E-state index contributed by atoms with van der Waals surface area (Å²) < 4.78 is 7.48. The van der Waals surface area contributed by atoms with Gasteiger partial charge in [0.15, 0.2) is 0 Å². The summed E-state index contributed by atoms with van der Waals surface area (Å²) in [5.41, 5.74) is 0.414. The average molecular weight is 491 g/mol. The van der Waals surface area contributed by atoms with Gasteiger partial charge in [0.05, 0.1) is 29.0 Å². The maximum Gasteiger partial charge on any atom is 0.295 e. The number of rotatable bonds is 9. The average Bonchev–Trinajstić information content (AvgIpc) is 3.46. The number of hydrogen-bond acceptors (Lipinski definition) is 7. The van der Waals surface area contributed by atoms with Crippen LogP contribution in [0.3, 0.4) is 0 Å². The Morgan fingerprint density at radius 3 is 2.56 bits per heavy atom. The molecule has 0 saturated carbocycles. The smallest absolute Gasteiger partial charge is 0.295 e. The minimum atomic E-state index is -0.973. The van der Waals surface area contributed by atoms with Gasteiger partial charge in [0.25, 0.3) is 17.4 Å². The van der Waals surface area contributed by atoms with Gasteiger partial charge in [0, 0.05) is 43.2 Å². The molecular formula is C26H26N4O6. The van der Waals surface area contributed by atoms with Crippen molar-refractivity contribution < 1.29 is 24.4 Å². The standard InChI is InChI=1S/C26H26N4O6/c1-17(2)36-21-9-7-18(8-10-21)24(31)22-23(19-5-3-6-20(15-19)30(34)35)29(26(33)25(22)32)13-4-12-28-14-11-27-16-28/h3,5-11,14-17,23,31H,4,12-13H2,1-2H3/b24-22-. The summed E-state index contributed by atoms with van der Waals surface area (Å²) in [7, 11) is 0. The van der Waals surface area contributed by atoms with Crippen LogP contribution in [0.2, 0.25) is 0 Å². The van der Waals surface area contributed by atoms with E-state index in [1.807, 2.05) is 18.4 Å². The number of imidazole rings is 1. The molecule has 10 heteroatoms. The van der Waals surface area contributed by atoms with E-state index in [1.165, 1.54) is 23.1 Å². The molecule has 0 radical (unpaired) electrons. The molecule has 2 heterocycles. The number of ketones is 1. The van der Waals surface area contributed by atoms with Crippen LogP contribution in [0.25, 0.3) is 5.76 Å². The highest BCUT2D eigenvalue weighted by Gasteiger charge is 2.46. The van der Waals surface area contributed by atoms with Crippen molar-refractivity contribution in [3.63, 3.8) is 0 Å². The first-order chi connectivity index (χ1) is 17.3. The Balaban J connectivity index is 1.73. The molecule has 1 atom stereocenters. The first-order valence-electron chi connectivity index (χ1n) is 11.5. The summed E-state index contributed by atoms with van der Waals surface area (Å²) in [5.74, 6) is -1.36.